The number of likely N-dealkylation sites (tertiary alicyclic amines) is 1. The molecule has 0 aromatic heterocycles. The van der Waals surface area contributed by atoms with Gasteiger partial charge in [-0.15, -0.1) is 0 Å². The van der Waals surface area contributed by atoms with Gasteiger partial charge >= 0.3 is 0 Å². The summed E-state index contributed by atoms with van der Waals surface area (Å²) >= 11 is 0. The van der Waals surface area contributed by atoms with Crippen molar-refractivity contribution in [2.24, 2.45) is 5.92 Å². The highest BCUT2D eigenvalue weighted by Crippen LogP contribution is 2.24. The monoisotopic (exact) mass is 302 g/mol. The number of aromatic hydroxyl groups is 1. The lowest BCUT2D eigenvalue weighted by Crippen LogP contribution is -2.35. The lowest BCUT2D eigenvalue weighted by molar-refractivity contribution is -0.121. The third-order valence-corrected chi connectivity index (χ3v) is 4.64. The van der Waals surface area contributed by atoms with E-state index in [4.69, 9.17) is 0 Å². The van der Waals surface area contributed by atoms with Crippen LogP contribution in [0.4, 0.5) is 0 Å². The number of hydrogen-bond donors (Lipinski definition) is 2. The zero-order chi connectivity index (χ0) is 15.4. The Hall–Kier alpha value is -1.55. The van der Waals surface area contributed by atoms with E-state index in [-0.39, 0.29) is 5.91 Å². The van der Waals surface area contributed by atoms with Gasteiger partial charge in [0.25, 0.3) is 0 Å². The van der Waals surface area contributed by atoms with Crippen molar-refractivity contribution in [1.82, 2.24) is 10.2 Å². The molecular formula is C18H26N2O2. The second kappa shape index (κ2) is 7.14. The summed E-state index contributed by atoms with van der Waals surface area (Å²) in [7, 11) is 0. The third-order valence-electron chi connectivity index (χ3n) is 4.64. The number of hydrogen-bond acceptors (Lipinski definition) is 3. The van der Waals surface area contributed by atoms with E-state index in [0.717, 1.165) is 44.5 Å². The lowest BCUT2D eigenvalue weighted by Gasteiger charge is -2.32. The maximum absolute atomic E-state index is 11.8. The average Bonchev–Trinajstić information content (AvgIpc) is 3.30. The van der Waals surface area contributed by atoms with Crippen LogP contribution in [0.5, 0.6) is 5.75 Å². The molecule has 0 radical (unpaired) electrons. The van der Waals surface area contributed by atoms with Gasteiger partial charge in [-0.1, -0.05) is 12.1 Å². The van der Waals surface area contributed by atoms with Crippen molar-refractivity contribution in [2.75, 3.05) is 13.1 Å². The number of phenols is 1. The molecule has 1 heterocycles. The number of nitrogens with one attached hydrogen (secondary N) is 1. The standard InChI is InChI=1S/C18H26N2O2/c21-17-5-1-3-15(11-17)13-20-10-2-4-14(12-20)6-9-18(22)19-16-7-8-16/h1,3,5,11,14,16,21H,2,4,6-10,12-13H2,(H,19,22). The Morgan fingerprint density at radius 1 is 1.32 bits per heavy atom. The molecular weight excluding hydrogens is 276 g/mol. The Kier molecular flexibility index (Phi) is 4.98. The lowest BCUT2D eigenvalue weighted by atomic mass is 9.93. The van der Waals surface area contributed by atoms with Gasteiger partial charge in [0.15, 0.2) is 0 Å². The quantitative estimate of drug-likeness (QED) is 0.849. The first-order valence-electron chi connectivity index (χ1n) is 8.48. The van der Waals surface area contributed by atoms with Gasteiger partial charge in [0.2, 0.25) is 5.91 Å². The van der Waals surface area contributed by atoms with Crippen molar-refractivity contribution in [2.45, 2.75) is 51.1 Å². The highest BCUT2D eigenvalue weighted by atomic mass is 16.3. The van der Waals surface area contributed by atoms with E-state index >= 15 is 0 Å². The van der Waals surface area contributed by atoms with Crippen molar-refractivity contribution in [3.63, 3.8) is 0 Å². The van der Waals surface area contributed by atoms with E-state index in [9.17, 15) is 9.90 Å². The largest absolute Gasteiger partial charge is 0.508 e. The number of carbonyl (C=O) groups is 1. The van der Waals surface area contributed by atoms with Crippen molar-refractivity contribution in [3.05, 3.63) is 29.8 Å². The molecule has 1 saturated heterocycles. The highest BCUT2D eigenvalue weighted by molar-refractivity contribution is 5.76. The number of amides is 1. The van der Waals surface area contributed by atoms with Crippen molar-refractivity contribution >= 4 is 5.91 Å². The van der Waals surface area contributed by atoms with Crippen LogP contribution in [0, 0.1) is 5.92 Å². The van der Waals surface area contributed by atoms with Crippen LogP contribution in [0.1, 0.15) is 44.1 Å². The molecule has 2 N–H and O–H groups in total. The van der Waals surface area contributed by atoms with E-state index in [2.05, 4.69) is 16.3 Å². The van der Waals surface area contributed by atoms with E-state index in [1.54, 1.807) is 6.07 Å². The molecule has 2 fully saturated rings. The van der Waals surface area contributed by atoms with Crippen LogP contribution in [0.25, 0.3) is 0 Å². The van der Waals surface area contributed by atoms with Crippen LogP contribution < -0.4 is 5.32 Å². The minimum absolute atomic E-state index is 0.229. The second-order valence-electron chi connectivity index (χ2n) is 6.79. The molecule has 1 atom stereocenters. The Labute approximate surface area is 132 Å². The fraction of sp³-hybridized carbons (Fsp3) is 0.611. The maximum Gasteiger partial charge on any atom is 0.220 e. The van der Waals surface area contributed by atoms with Crippen molar-refractivity contribution in [3.8, 4) is 5.75 Å². The zero-order valence-corrected chi connectivity index (χ0v) is 13.1. The fourth-order valence-corrected chi connectivity index (χ4v) is 3.31. The molecule has 1 unspecified atom stereocenters. The molecule has 4 nitrogen and oxygen atoms in total. The van der Waals surface area contributed by atoms with Crippen molar-refractivity contribution in [1.29, 1.82) is 0 Å². The predicted octanol–water partition coefficient (Wildman–Crippen LogP) is 2.66. The van der Waals surface area contributed by atoms with Gasteiger partial charge in [-0.05, 0) is 62.3 Å². The average molecular weight is 302 g/mol. The number of phenolic OH excluding ortho intramolecular Hbond substituents is 1. The van der Waals surface area contributed by atoms with E-state index in [1.165, 1.54) is 12.8 Å². The van der Waals surface area contributed by atoms with Gasteiger partial charge in [0, 0.05) is 25.6 Å². The first-order chi connectivity index (χ1) is 10.7. The van der Waals surface area contributed by atoms with Gasteiger partial charge in [-0.2, -0.15) is 0 Å². The Morgan fingerprint density at radius 2 is 2.18 bits per heavy atom. The molecule has 1 amide bonds. The van der Waals surface area contributed by atoms with Crippen LogP contribution in [0.15, 0.2) is 24.3 Å². The van der Waals surface area contributed by atoms with Gasteiger partial charge < -0.3 is 10.4 Å². The predicted molar refractivity (Wildman–Crippen MR) is 86.5 cm³/mol. The summed E-state index contributed by atoms with van der Waals surface area (Å²) in [5, 5.41) is 12.6. The van der Waals surface area contributed by atoms with E-state index in [0.29, 0.717) is 24.1 Å². The molecule has 1 saturated carbocycles. The molecule has 2 aliphatic rings. The van der Waals surface area contributed by atoms with E-state index in [1.807, 2.05) is 12.1 Å². The fourth-order valence-electron chi connectivity index (χ4n) is 3.31. The van der Waals surface area contributed by atoms with Gasteiger partial charge in [0.1, 0.15) is 5.75 Å². The summed E-state index contributed by atoms with van der Waals surface area (Å²) < 4.78 is 0. The van der Waals surface area contributed by atoms with Crippen LogP contribution in [0.3, 0.4) is 0 Å². The normalized spacial score (nSPS) is 22.5. The van der Waals surface area contributed by atoms with Crippen LogP contribution in [-0.2, 0) is 11.3 Å². The Bertz CT molecular complexity index is 514. The Balaban J connectivity index is 1.43. The van der Waals surface area contributed by atoms with Crippen molar-refractivity contribution < 1.29 is 9.90 Å². The molecule has 0 spiro atoms. The molecule has 0 bridgehead atoms. The number of piperidine rings is 1. The Morgan fingerprint density at radius 3 is 2.95 bits per heavy atom. The summed E-state index contributed by atoms with van der Waals surface area (Å²) in [5.41, 5.74) is 1.16. The number of rotatable bonds is 6. The number of carbonyl (C=O) groups excluding carboxylic acids is 1. The maximum atomic E-state index is 11.8. The summed E-state index contributed by atoms with van der Waals surface area (Å²) in [6, 6.07) is 7.98. The summed E-state index contributed by atoms with van der Waals surface area (Å²) in [4.78, 5) is 14.2. The van der Waals surface area contributed by atoms with Crippen LogP contribution >= 0.6 is 0 Å². The summed E-state index contributed by atoms with van der Waals surface area (Å²) in [6.07, 6.45) is 6.41. The van der Waals surface area contributed by atoms with Gasteiger partial charge in [-0.3, -0.25) is 9.69 Å². The molecule has 1 aromatic carbocycles. The molecule has 1 aliphatic heterocycles. The minimum atomic E-state index is 0.229. The minimum Gasteiger partial charge on any atom is -0.508 e. The van der Waals surface area contributed by atoms with E-state index < -0.39 is 0 Å². The first-order valence-corrected chi connectivity index (χ1v) is 8.48. The number of benzene rings is 1. The molecule has 3 rings (SSSR count). The second-order valence-corrected chi connectivity index (χ2v) is 6.79. The third kappa shape index (κ3) is 4.73. The molecule has 22 heavy (non-hydrogen) atoms. The smallest absolute Gasteiger partial charge is 0.220 e. The van der Waals surface area contributed by atoms with Crippen LogP contribution in [-0.4, -0.2) is 35.0 Å². The number of nitrogens with zero attached hydrogens (tertiary/aromatic N) is 1. The summed E-state index contributed by atoms with van der Waals surface area (Å²) in [5.74, 6) is 1.19. The molecule has 1 aliphatic carbocycles. The summed E-state index contributed by atoms with van der Waals surface area (Å²) in [6.45, 7) is 3.06. The topological polar surface area (TPSA) is 52.6 Å². The molecule has 1 aromatic rings. The molecule has 120 valence electrons. The van der Waals surface area contributed by atoms with Crippen LogP contribution in [0.2, 0.25) is 0 Å². The SMILES string of the molecule is O=C(CCC1CCCN(Cc2cccc(O)c2)C1)NC1CC1. The first kappa shape index (κ1) is 15.3. The van der Waals surface area contributed by atoms with Gasteiger partial charge in [-0.25, -0.2) is 0 Å². The highest BCUT2D eigenvalue weighted by Gasteiger charge is 2.24. The van der Waals surface area contributed by atoms with Gasteiger partial charge in [0.05, 0.1) is 0 Å². The zero-order valence-electron chi connectivity index (χ0n) is 13.1. The molecule has 4 heteroatoms.